The number of rotatable bonds is 2. The van der Waals surface area contributed by atoms with Crippen LogP contribution in [-0.4, -0.2) is 18.6 Å². The molecule has 0 atom stereocenters. The summed E-state index contributed by atoms with van der Waals surface area (Å²) in [6, 6.07) is 0. The van der Waals surface area contributed by atoms with Crippen LogP contribution in [0, 0.1) is 0 Å². The molecule has 1 aliphatic heterocycles. The third-order valence-corrected chi connectivity index (χ3v) is 1.59. The van der Waals surface area contributed by atoms with Crippen LogP contribution in [-0.2, 0) is 0 Å². The largest absolute Gasteiger partial charge is 0.366 e. The second kappa shape index (κ2) is 2.60. The number of hydrogen-bond acceptors (Lipinski definition) is 2. The van der Waals surface area contributed by atoms with E-state index in [2.05, 4.69) is 23.4 Å². The second-order valence-electron chi connectivity index (χ2n) is 2.24. The Morgan fingerprint density at radius 1 is 1.50 bits per heavy atom. The monoisotopic (exact) mass is 136 g/mol. The van der Waals surface area contributed by atoms with Gasteiger partial charge in [0.05, 0.1) is 18.1 Å². The van der Waals surface area contributed by atoms with Crippen LogP contribution in [0.4, 0.5) is 0 Å². The van der Waals surface area contributed by atoms with Crippen molar-refractivity contribution in [3.8, 4) is 0 Å². The van der Waals surface area contributed by atoms with Gasteiger partial charge < -0.3 is 10.2 Å². The fourth-order valence-corrected chi connectivity index (χ4v) is 1.03. The highest BCUT2D eigenvalue weighted by molar-refractivity contribution is 5.31. The molecule has 0 radical (unpaired) electrons. The van der Waals surface area contributed by atoms with Crippen molar-refractivity contribution in [1.82, 2.24) is 10.2 Å². The number of hydrogen-bond donors (Lipinski definition) is 1. The summed E-state index contributed by atoms with van der Waals surface area (Å²) in [6.45, 7) is 8.23. The van der Waals surface area contributed by atoms with E-state index in [4.69, 9.17) is 0 Å². The van der Waals surface area contributed by atoms with Crippen LogP contribution < -0.4 is 5.32 Å². The Hall–Kier alpha value is -1.18. The van der Waals surface area contributed by atoms with Gasteiger partial charge >= 0.3 is 0 Å². The molecule has 0 spiro atoms. The predicted molar refractivity (Wildman–Crippen MR) is 43.2 cm³/mol. The lowest BCUT2D eigenvalue weighted by molar-refractivity contribution is 0.452. The van der Waals surface area contributed by atoms with Gasteiger partial charge in [0.1, 0.15) is 0 Å². The highest BCUT2D eigenvalue weighted by Gasteiger charge is 2.12. The lowest BCUT2D eigenvalue weighted by atomic mass is 10.3. The molecule has 1 aliphatic rings. The number of likely N-dealkylation sites (N-methyl/N-ethyl adjacent to an activating group) is 1. The van der Waals surface area contributed by atoms with Gasteiger partial charge in [-0.2, -0.15) is 0 Å². The van der Waals surface area contributed by atoms with E-state index >= 15 is 0 Å². The van der Waals surface area contributed by atoms with Crippen LogP contribution >= 0.6 is 0 Å². The lowest BCUT2D eigenvalue weighted by Crippen LogP contribution is -2.18. The van der Waals surface area contributed by atoms with Gasteiger partial charge in [0.15, 0.2) is 0 Å². The van der Waals surface area contributed by atoms with Crippen LogP contribution in [0.5, 0.6) is 0 Å². The Morgan fingerprint density at radius 2 is 2.20 bits per heavy atom. The molecule has 0 saturated carbocycles. The Kier molecular flexibility index (Phi) is 1.81. The molecule has 0 aromatic carbocycles. The summed E-state index contributed by atoms with van der Waals surface area (Å²) in [5.74, 6) is 0. The van der Waals surface area contributed by atoms with Crippen molar-refractivity contribution in [3.05, 3.63) is 36.7 Å². The van der Waals surface area contributed by atoms with E-state index in [-0.39, 0.29) is 0 Å². The third-order valence-electron chi connectivity index (χ3n) is 1.59. The van der Waals surface area contributed by atoms with Crippen molar-refractivity contribution in [2.24, 2.45) is 0 Å². The average molecular weight is 136 g/mol. The maximum Gasteiger partial charge on any atom is 0.0874 e. The van der Waals surface area contributed by atoms with Crippen LogP contribution in [0.15, 0.2) is 36.7 Å². The van der Waals surface area contributed by atoms with Crippen molar-refractivity contribution in [2.75, 3.05) is 13.7 Å². The summed E-state index contributed by atoms with van der Waals surface area (Å²) in [5.41, 5.74) is 2.19. The molecule has 2 heteroatoms. The topological polar surface area (TPSA) is 15.3 Å². The second-order valence-corrected chi connectivity index (χ2v) is 2.24. The molecule has 1 N–H and O–H groups in total. The molecular formula is C8H12N2. The fraction of sp³-hybridized carbons (Fsp3) is 0.250. The first kappa shape index (κ1) is 6.93. The molecule has 0 unspecified atom stereocenters. The normalized spacial score (nSPS) is 17.1. The van der Waals surface area contributed by atoms with Gasteiger partial charge in [-0.3, -0.25) is 0 Å². The SMILES string of the molecule is C=CC1=C(C=C)N(C)CN1. The first-order valence-corrected chi connectivity index (χ1v) is 3.23. The van der Waals surface area contributed by atoms with Crippen molar-refractivity contribution in [2.45, 2.75) is 0 Å². The van der Waals surface area contributed by atoms with Gasteiger partial charge in [0.25, 0.3) is 0 Å². The van der Waals surface area contributed by atoms with Gasteiger partial charge in [0.2, 0.25) is 0 Å². The van der Waals surface area contributed by atoms with Gasteiger partial charge in [-0.15, -0.1) is 0 Å². The Balaban J connectivity index is 2.91. The molecule has 0 fully saturated rings. The molecule has 0 saturated heterocycles. The zero-order valence-corrected chi connectivity index (χ0v) is 6.22. The number of nitrogens with zero attached hydrogens (tertiary/aromatic N) is 1. The van der Waals surface area contributed by atoms with E-state index in [1.807, 2.05) is 13.1 Å². The van der Waals surface area contributed by atoms with Crippen LogP contribution in [0.25, 0.3) is 0 Å². The van der Waals surface area contributed by atoms with Crippen molar-refractivity contribution in [3.63, 3.8) is 0 Å². The smallest absolute Gasteiger partial charge is 0.0874 e. The minimum atomic E-state index is 0.850. The van der Waals surface area contributed by atoms with Crippen LogP contribution in [0.2, 0.25) is 0 Å². The zero-order valence-electron chi connectivity index (χ0n) is 6.22. The van der Waals surface area contributed by atoms with Crippen molar-refractivity contribution in [1.29, 1.82) is 0 Å². The zero-order chi connectivity index (χ0) is 7.56. The van der Waals surface area contributed by atoms with Crippen molar-refractivity contribution >= 4 is 0 Å². The molecule has 0 aromatic rings. The molecule has 1 heterocycles. The van der Waals surface area contributed by atoms with Gasteiger partial charge in [-0.25, -0.2) is 0 Å². The van der Waals surface area contributed by atoms with E-state index < -0.39 is 0 Å². The van der Waals surface area contributed by atoms with Crippen molar-refractivity contribution < 1.29 is 0 Å². The molecule has 1 rings (SSSR count). The quantitative estimate of drug-likeness (QED) is 0.610. The maximum atomic E-state index is 3.70. The Morgan fingerprint density at radius 3 is 2.60 bits per heavy atom. The fourth-order valence-electron chi connectivity index (χ4n) is 1.03. The minimum absolute atomic E-state index is 0.850. The van der Waals surface area contributed by atoms with Gasteiger partial charge in [-0.05, 0) is 12.2 Å². The predicted octanol–water partition coefficient (Wildman–Crippen LogP) is 1.06. The van der Waals surface area contributed by atoms with Gasteiger partial charge in [-0.1, -0.05) is 13.2 Å². The lowest BCUT2D eigenvalue weighted by Gasteiger charge is -2.09. The molecule has 0 aromatic heterocycles. The molecule has 10 heavy (non-hydrogen) atoms. The first-order valence-electron chi connectivity index (χ1n) is 3.23. The highest BCUT2D eigenvalue weighted by atomic mass is 15.3. The first-order chi connectivity index (χ1) is 4.79. The third kappa shape index (κ3) is 0.923. The summed E-state index contributed by atoms with van der Waals surface area (Å²) in [7, 11) is 2.01. The Labute approximate surface area is 61.5 Å². The molecule has 0 amide bonds. The average Bonchev–Trinajstić information content (AvgIpc) is 2.30. The highest BCUT2D eigenvalue weighted by Crippen LogP contribution is 2.13. The van der Waals surface area contributed by atoms with E-state index in [0.29, 0.717) is 0 Å². The molecule has 0 aliphatic carbocycles. The van der Waals surface area contributed by atoms with E-state index in [0.717, 1.165) is 18.1 Å². The minimum Gasteiger partial charge on any atom is -0.366 e. The van der Waals surface area contributed by atoms with E-state index in [9.17, 15) is 0 Å². The van der Waals surface area contributed by atoms with Crippen LogP contribution in [0.1, 0.15) is 0 Å². The summed E-state index contributed by atoms with van der Waals surface area (Å²) in [6.07, 6.45) is 3.64. The molecule has 0 bridgehead atoms. The summed E-state index contributed by atoms with van der Waals surface area (Å²) >= 11 is 0. The molecule has 54 valence electrons. The number of nitrogens with one attached hydrogen (secondary N) is 1. The van der Waals surface area contributed by atoms with Crippen LogP contribution in [0.3, 0.4) is 0 Å². The van der Waals surface area contributed by atoms with Gasteiger partial charge in [0, 0.05) is 7.05 Å². The standard InChI is InChI=1S/C8H12N2/c1-4-7-8(5-2)10(3)6-9-7/h4-5,9H,1-2,6H2,3H3. The maximum absolute atomic E-state index is 3.70. The molecular weight excluding hydrogens is 124 g/mol. The summed E-state index contributed by atoms with van der Waals surface area (Å²) in [4.78, 5) is 2.09. The molecule has 2 nitrogen and oxygen atoms in total. The summed E-state index contributed by atoms with van der Waals surface area (Å²) in [5, 5.41) is 3.17. The Bertz CT molecular complexity index is 191. The number of allylic oxidation sites excluding steroid dienone is 2. The van der Waals surface area contributed by atoms with E-state index in [1.165, 1.54) is 0 Å². The summed E-state index contributed by atoms with van der Waals surface area (Å²) < 4.78 is 0. The van der Waals surface area contributed by atoms with E-state index in [1.54, 1.807) is 6.08 Å².